The van der Waals surface area contributed by atoms with Gasteiger partial charge in [-0.3, -0.25) is 9.59 Å². The smallest absolute Gasteiger partial charge is 0.416 e. The zero-order chi connectivity index (χ0) is 19.8. The van der Waals surface area contributed by atoms with E-state index in [0.29, 0.717) is 22.3 Å². The highest BCUT2D eigenvalue weighted by Crippen LogP contribution is 2.36. The molecule has 1 saturated heterocycles. The van der Waals surface area contributed by atoms with Gasteiger partial charge in [-0.05, 0) is 54.2 Å². The van der Waals surface area contributed by atoms with Gasteiger partial charge in [0.15, 0.2) is 5.37 Å². The lowest BCUT2D eigenvalue weighted by atomic mass is 10.2. The topological polar surface area (TPSA) is 86.7 Å². The minimum atomic E-state index is -4.60. The lowest BCUT2D eigenvalue weighted by Gasteiger charge is -2.16. The summed E-state index contributed by atoms with van der Waals surface area (Å²) in [7, 11) is 0. The predicted molar refractivity (Wildman–Crippen MR) is 92.7 cm³/mol. The molecule has 0 spiro atoms. The summed E-state index contributed by atoms with van der Waals surface area (Å²) >= 11 is 0.624. The second kappa shape index (κ2) is 6.95. The first-order chi connectivity index (χ1) is 12.7. The highest BCUT2D eigenvalue weighted by molar-refractivity contribution is 8.16. The van der Waals surface area contributed by atoms with Gasteiger partial charge in [-0.1, -0.05) is 6.07 Å². The molecule has 2 aromatic carbocycles. The van der Waals surface area contributed by atoms with Crippen molar-refractivity contribution in [3.05, 3.63) is 59.7 Å². The van der Waals surface area contributed by atoms with Gasteiger partial charge in [-0.25, -0.2) is 9.69 Å². The summed E-state index contributed by atoms with van der Waals surface area (Å²) < 4.78 is 38.6. The Morgan fingerprint density at radius 2 is 1.78 bits per heavy atom. The Bertz CT molecular complexity index is 915. The molecular weight excluding hydrogens is 385 g/mol. The number of hydrogen-bond donors (Lipinski definition) is 2. The fourth-order valence-electron chi connectivity index (χ4n) is 2.42. The molecule has 2 aromatic rings. The van der Waals surface area contributed by atoms with Crippen molar-refractivity contribution in [3.8, 4) is 0 Å². The van der Waals surface area contributed by atoms with Gasteiger partial charge in [0.1, 0.15) is 0 Å². The highest BCUT2D eigenvalue weighted by atomic mass is 32.2. The zero-order valence-electron chi connectivity index (χ0n) is 13.4. The molecule has 1 atom stereocenters. The largest absolute Gasteiger partial charge is 0.478 e. The first kappa shape index (κ1) is 18.8. The molecule has 140 valence electrons. The van der Waals surface area contributed by atoms with E-state index >= 15 is 0 Å². The van der Waals surface area contributed by atoms with E-state index in [-0.39, 0.29) is 11.3 Å². The first-order valence-corrected chi connectivity index (χ1v) is 8.36. The minimum absolute atomic E-state index is 0.0487. The number of nitrogens with zero attached hydrogens (tertiary/aromatic N) is 1. The third kappa shape index (κ3) is 3.90. The number of halogens is 3. The minimum Gasteiger partial charge on any atom is -0.478 e. The van der Waals surface area contributed by atoms with Crippen LogP contribution in [0.1, 0.15) is 15.9 Å². The maximum atomic E-state index is 12.9. The predicted octanol–water partition coefficient (Wildman–Crippen LogP) is 4.04. The van der Waals surface area contributed by atoms with Crippen LogP contribution in [-0.4, -0.2) is 27.6 Å². The van der Waals surface area contributed by atoms with Gasteiger partial charge >= 0.3 is 12.1 Å². The molecule has 1 aliphatic heterocycles. The van der Waals surface area contributed by atoms with Crippen LogP contribution < -0.4 is 10.2 Å². The van der Waals surface area contributed by atoms with Gasteiger partial charge in [-0.2, -0.15) is 13.2 Å². The van der Waals surface area contributed by atoms with Crippen molar-refractivity contribution in [2.75, 3.05) is 10.2 Å². The maximum Gasteiger partial charge on any atom is 0.416 e. The molecule has 1 fully saturated rings. The van der Waals surface area contributed by atoms with Gasteiger partial charge in [0.25, 0.3) is 11.1 Å². The third-order valence-corrected chi connectivity index (χ3v) is 4.65. The number of amides is 2. The normalized spacial score (nSPS) is 17.3. The van der Waals surface area contributed by atoms with Crippen LogP contribution in [0.5, 0.6) is 0 Å². The summed E-state index contributed by atoms with van der Waals surface area (Å²) in [5, 5.41) is 9.89. The lowest BCUT2D eigenvalue weighted by molar-refractivity contribution is -0.137. The quantitative estimate of drug-likeness (QED) is 0.811. The number of carbonyl (C=O) groups excluding carboxylic acids is 2. The van der Waals surface area contributed by atoms with Crippen LogP contribution in [0.3, 0.4) is 0 Å². The van der Waals surface area contributed by atoms with Crippen molar-refractivity contribution in [1.29, 1.82) is 0 Å². The van der Waals surface area contributed by atoms with E-state index < -0.39 is 34.2 Å². The summed E-state index contributed by atoms with van der Waals surface area (Å²) in [4.78, 5) is 36.2. The van der Waals surface area contributed by atoms with Gasteiger partial charge in [0.2, 0.25) is 0 Å². The number of anilines is 2. The van der Waals surface area contributed by atoms with Crippen LogP contribution in [-0.2, 0) is 11.0 Å². The summed E-state index contributed by atoms with van der Waals surface area (Å²) in [5.41, 5.74) is -0.693. The van der Waals surface area contributed by atoms with Crippen molar-refractivity contribution in [1.82, 2.24) is 0 Å². The molecule has 2 N–H and O–H groups in total. The van der Waals surface area contributed by atoms with Gasteiger partial charge < -0.3 is 10.4 Å². The first-order valence-electron chi connectivity index (χ1n) is 7.48. The van der Waals surface area contributed by atoms with Crippen LogP contribution >= 0.6 is 11.8 Å². The van der Waals surface area contributed by atoms with Crippen molar-refractivity contribution >= 4 is 40.3 Å². The molecule has 0 bridgehead atoms. The zero-order valence-corrected chi connectivity index (χ0v) is 14.2. The molecule has 0 saturated carbocycles. The Morgan fingerprint density at radius 1 is 1.11 bits per heavy atom. The van der Waals surface area contributed by atoms with Crippen LogP contribution in [0.15, 0.2) is 48.5 Å². The lowest BCUT2D eigenvalue weighted by Crippen LogP contribution is -2.34. The maximum absolute atomic E-state index is 12.9. The Balaban J connectivity index is 1.80. The Morgan fingerprint density at radius 3 is 2.37 bits per heavy atom. The third-order valence-electron chi connectivity index (χ3n) is 3.71. The van der Waals surface area contributed by atoms with Crippen molar-refractivity contribution in [2.24, 2.45) is 0 Å². The second-order valence-electron chi connectivity index (χ2n) is 5.51. The average Bonchev–Trinajstić information content (AvgIpc) is 2.88. The number of rotatable bonds is 4. The SMILES string of the molecule is O=C(O)c1ccc(N[C@@H]2SC(=O)N(c3cccc(C(F)(F)F)c3)C2=O)cc1. The highest BCUT2D eigenvalue weighted by Gasteiger charge is 2.41. The van der Waals surface area contributed by atoms with E-state index in [1.54, 1.807) is 0 Å². The van der Waals surface area contributed by atoms with Crippen LogP contribution in [0.4, 0.5) is 29.3 Å². The fraction of sp³-hybridized carbons (Fsp3) is 0.118. The number of carbonyl (C=O) groups is 3. The van der Waals surface area contributed by atoms with E-state index in [4.69, 9.17) is 5.11 Å². The number of hydrogen-bond acceptors (Lipinski definition) is 5. The molecule has 1 aliphatic rings. The molecule has 27 heavy (non-hydrogen) atoms. The van der Waals surface area contributed by atoms with Crippen molar-refractivity contribution < 1.29 is 32.7 Å². The number of thioether (sulfide) groups is 1. The van der Waals surface area contributed by atoms with Crippen LogP contribution in [0, 0.1) is 0 Å². The van der Waals surface area contributed by atoms with Crippen LogP contribution in [0.2, 0.25) is 0 Å². The number of aromatic carboxylic acids is 1. The number of imide groups is 1. The summed E-state index contributed by atoms with van der Waals surface area (Å²) in [6.45, 7) is 0. The molecule has 3 rings (SSSR count). The second-order valence-corrected chi connectivity index (χ2v) is 6.57. The number of alkyl halides is 3. The Hall–Kier alpha value is -3.01. The van der Waals surface area contributed by atoms with E-state index in [0.717, 1.165) is 18.2 Å². The van der Waals surface area contributed by atoms with E-state index in [2.05, 4.69) is 5.32 Å². The molecule has 0 radical (unpaired) electrons. The number of benzene rings is 2. The van der Waals surface area contributed by atoms with Gasteiger partial charge in [-0.15, -0.1) is 0 Å². The number of nitrogens with one attached hydrogen (secondary N) is 1. The molecule has 10 heteroatoms. The molecule has 6 nitrogen and oxygen atoms in total. The van der Waals surface area contributed by atoms with E-state index in [9.17, 15) is 27.6 Å². The van der Waals surface area contributed by atoms with E-state index in [1.807, 2.05) is 0 Å². The summed E-state index contributed by atoms with van der Waals surface area (Å²) in [6, 6.07) is 9.44. The van der Waals surface area contributed by atoms with Gasteiger partial charge in [0.05, 0.1) is 16.8 Å². The summed E-state index contributed by atoms with van der Waals surface area (Å²) in [5.74, 6) is -1.83. The molecule has 1 heterocycles. The monoisotopic (exact) mass is 396 g/mol. The molecule has 0 aliphatic carbocycles. The number of carboxylic acid groups (broad SMARTS) is 1. The number of carboxylic acids is 1. The summed E-state index contributed by atoms with van der Waals surface area (Å²) in [6.07, 6.45) is -4.60. The molecule has 2 amide bonds. The fourth-order valence-corrected chi connectivity index (χ4v) is 3.32. The van der Waals surface area contributed by atoms with Crippen molar-refractivity contribution in [3.63, 3.8) is 0 Å². The van der Waals surface area contributed by atoms with Crippen LogP contribution in [0.25, 0.3) is 0 Å². The Labute approximate surface area is 155 Å². The molecule has 0 aromatic heterocycles. The van der Waals surface area contributed by atoms with Gasteiger partial charge in [0, 0.05) is 5.69 Å². The van der Waals surface area contributed by atoms with Crippen molar-refractivity contribution in [2.45, 2.75) is 11.6 Å². The molecular formula is C17H11F3N2O4S. The molecule has 0 unspecified atom stereocenters. The van der Waals surface area contributed by atoms with E-state index in [1.165, 1.54) is 30.3 Å². The Kier molecular flexibility index (Phi) is 4.83. The average molecular weight is 396 g/mol. The standard InChI is InChI=1S/C17H11F3N2O4S/c18-17(19,20)10-2-1-3-12(8-10)22-14(23)13(27-16(22)26)21-11-6-4-9(5-7-11)15(24)25/h1-8,13,21H,(H,24,25)/t13-/m1/s1.